The number of likely N-dealkylation sites (tertiary alicyclic amines) is 1. The molecule has 32 heavy (non-hydrogen) atoms. The zero-order chi connectivity index (χ0) is 22.2. The van der Waals surface area contributed by atoms with Crippen LogP contribution in [0.1, 0.15) is 44.3 Å². The van der Waals surface area contributed by atoms with Crippen molar-refractivity contribution in [3.05, 3.63) is 71.7 Å². The SMILES string of the molecule is CC1=CC(=O)N(CN2CCCC2)C(c2ccc(-c3ccc(F)cc3)cc2)N1C(=O)C1CC1. The van der Waals surface area contributed by atoms with Crippen LogP contribution in [0.25, 0.3) is 11.1 Å². The Morgan fingerprint density at radius 2 is 1.56 bits per heavy atom. The van der Waals surface area contributed by atoms with Crippen LogP contribution < -0.4 is 0 Å². The molecule has 2 aliphatic heterocycles. The van der Waals surface area contributed by atoms with Crippen molar-refractivity contribution < 1.29 is 14.0 Å². The van der Waals surface area contributed by atoms with Gasteiger partial charge in [-0.05, 0) is 74.5 Å². The highest BCUT2D eigenvalue weighted by Gasteiger charge is 2.43. The van der Waals surface area contributed by atoms with Crippen molar-refractivity contribution in [2.24, 2.45) is 5.92 Å². The van der Waals surface area contributed by atoms with E-state index in [1.54, 1.807) is 18.2 Å². The second kappa shape index (κ2) is 8.51. The van der Waals surface area contributed by atoms with Crippen LogP contribution in [0, 0.1) is 11.7 Å². The lowest BCUT2D eigenvalue weighted by Gasteiger charge is -2.44. The van der Waals surface area contributed by atoms with Crippen molar-refractivity contribution in [2.45, 2.75) is 38.8 Å². The molecule has 0 radical (unpaired) electrons. The van der Waals surface area contributed by atoms with Crippen LogP contribution in [0.4, 0.5) is 4.39 Å². The molecule has 0 spiro atoms. The van der Waals surface area contributed by atoms with Crippen molar-refractivity contribution in [3.63, 3.8) is 0 Å². The van der Waals surface area contributed by atoms with Crippen LogP contribution in [-0.4, -0.2) is 46.3 Å². The van der Waals surface area contributed by atoms with E-state index in [1.165, 1.54) is 12.1 Å². The number of benzene rings is 2. The lowest BCUT2D eigenvalue weighted by molar-refractivity contribution is -0.147. The first-order chi connectivity index (χ1) is 15.5. The molecule has 2 fully saturated rings. The summed E-state index contributed by atoms with van der Waals surface area (Å²) in [6.45, 7) is 4.31. The van der Waals surface area contributed by atoms with E-state index in [2.05, 4.69) is 4.90 Å². The smallest absolute Gasteiger partial charge is 0.251 e. The van der Waals surface area contributed by atoms with Gasteiger partial charge in [-0.1, -0.05) is 36.4 Å². The maximum atomic E-state index is 13.3. The van der Waals surface area contributed by atoms with E-state index < -0.39 is 6.17 Å². The predicted octanol–water partition coefficient (Wildman–Crippen LogP) is 4.53. The van der Waals surface area contributed by atoms with Gasteiger partial charge in [-0.15, -0.1) is 0 Å². The van der Waals surface area contributed by atoms with Crippen molar-refractivity contribution >= 4 is 11.8 Å². The van der Waals surface area contributed by atoms with Crippen molar-refractivity contribution in [2.75, 3.05) is 19.8 Å². The molecule has 2 amide bonds. The highest BCUT2D eigenvalue weighted by atomic mass is 19.1. The molecule has 5 rings (SSSR count). The molecule has 1 saturated carbocycles. The summed E-state index contributed by atoms with van der Waals surface area (Å²) in [6.07, 6.45) is 5.25. The first-order valence-corrected chi connectivity index (χ1v) is 11.4. The number of rotatable bonds is 5. The fourth-order valence-electron chi connectivity index (χ4n) is 4.71. The van der Waals surface area contributed by atoms with Gasteiger partial charge in [0.25, 0.3) is 5.91 Å². The molecule has 0 aromatic heterocycles. The Kier molecular flexibility index (Phi) is 5.55. The van der Waals surface area contributed by atoms with Gasteiger partial charge < -0.3 is 4.90 Å². The van der Waals surface area contributed by atoms with E-state index in [4.69, 9.17) is 0 Å². The van der Waals surface area contributed by atoms with Gasteiger partial charge in [-0.25, -0.2) is 4.39 Å². The summed E-state index contributed by atoms with van der Waals surface area (Å²) in [5, 5.41) is 0. The molecule has 1 saturated heterocycles. The van der Waals surface area contributed by atoms with Gasteiger partial charge in [0.15, 0.2) is 0 Å². The van der Waals surface area contributed by atoms with Gasteiger partial charge in [-0.3, -0.25) is 19.4 Å². The van der Waals surface area contributed by atoms with Gasteiger partial charge in [0.1, 0.15) is 12.0 Å². The topological polar surface area (TPSA) is 43.9 Å². The monoisotopic (exact) mass is 433 g/mol. The number of carbonyl (C=O) groups excluding carboxylic acids is 2. The number of allylic oxidation sites excluding steroid dienone is 1. The number of hydrogen-bond acceptors (Lipinski definition) is 3. The highest BCUT2D eigenvalue weighted by molar-refractivity contribution is 5.93. The van der Waals surface area contributed by atoms with E-state index in [-0.39, 0.29) is 23.5 Å². The van der Waals surface area contributed by atoms with Crippen LogP contribution in [0.3, 0.4) is 0 Å². The average molecular weight is 434 g/mol. The van der Waals surface area contributed by atoms with Crippen molar-refractivity contribution in [3.8, 4) is 11.1 Å². The number of amides is 2. The van der Waals surface area contributed by atoms with Crippen LogP contribution >= 0.6 is 0 Å². The minimum absolute atomic E-state index is 0.0538. The van der Waals surface area contributed by atoms with E-state index in [0.29, 0.717) is 12.4 Å². The Bertz CT molecular complexity index is 1040. The fraction of sp³-hybridized carbons (Fsp3) is 0.385. The predicted molar refractivity (Wildman–Crippen MR) is 120 cm³/mol. The summed E-state index contributed by atoms with van der Waals surface area (Å²) in [4.78, 5) is 32.3. The lowest BCUT2D eigenvalue weighted by atomic mass is 10.0. The van der Waals surface area contributed by atoms with E-state index in [0.717, 1.165) is 55.5 Å². The minimum Gasteiger partial charge on any atom is -0.301 e. The standard InChI is InChI=1S/C26H28FN3O2/c1-18-16-24(31)29(17-28-14-2-3-15-28)25(30(18)26(32)22-8-9-22)21-6-4-19(5-7-21)20-10-12-23(27)13-11-20/h4-7,10-13,16,22,25H,2-3,8-9,14-15,17H2,1H3. The number of halogens is 1. The van der Waals surface area contributed by atoms with E-state index >= 15 is 0 Å². The Hall–Kier alpha value is -2.99. The molecule has 166 valence electrons. The summed E-state index contributed by atoms with van der Waals surface area (Å²) < 4.78 is 13.3. The van der Waals surface area contributed by atoms with Crippen LogP contribution in [-0.2, 0) is 9.59 Å². The molecule has 0 bridgehead atoms. The van der Waals surface area contributed by atoms with Gasteiger partial charge in [0, 0.05) is 17.7 Å². The van der Waals surface area contributed by atoms with Gasteiger partial charge in [0.2, 0.25) is 5.91 Å². The van der Waals surface area contributed by atoms with Gasteiger partial charge >= 0.3 is 0 Å². The van der Waals surface area contributed by atoms with Crippen molar-refractivity contribution in [1.82, 2.24) is 14.7 Å². The molecule has 6 heteroatoms. The Balaban J connectivity index is 1.50. The zero-order valence-electron chi connectivity index (χ0n) is 18.3. The quantitative estimate of drug-likeness (QED) is 0.696. The Morgan fingerprint density at radius 1 is 0.969 bits per heavy atom. The number of hydrogen-bond donors (Lipinski definition) is 0. The molecule has 3 aliphatic rings. The summed E-state index contributed by atoms with van der Waals surface area (Å²) in [5.74, 6) is -0.159. The molecule has 1 aliphatic carbocycles. The average Bonchev–Trinajstić information content (AvgIpc) is 3.52. The molecule has 1 unspecified atom stereocenters. The molecular formula is C26H28FN3O2. The molecule has 2 aromatic rings. The maximum Gasteiger partial charge on any atom is 0.251 e. The van der Waals surface area contributed by atoms with Crippen LogP contribution in [0.15, 0.2) is 60.3 Å². The summed E-state index contributed by atoms with van der Waals surface area (Å²) in [5.41, 5.74) is 3.50. The van der Waals surface area contributed by atoms with Crippen molar-refractivity contribution in [1.29, 1.82) is 0 Å². The third-order valence-electron chi connectivity index (χ3n) is 6.64. The van der Waals surface area contributed by atoms with Crippen LogP contribution in [0.5, 0.6) is 0 Å². The maximum absolute atomic E-state index is 13.3. The van der Waals surface area contributed by atoms with Gasteiger partial charge in [-0.2, -0.15) is 0 Å². The normalized spacial score (nSPS) is 21.8. The summed E-state index contributed by atoms with van der Waals surface area (Å²) in [6, 6.07) is 14.3. The molecule has 1 atom stereocenters. The lowest BCUT2D eigenvalue weighted by Crippen LogP contribution is -2.52. The summed E-state index contributed by atoms with van der Waals surface area (Å²) in [7, 11) is 0. The zero-order valence-corrected chi connectivity index (χ0v) is 18.3. The second-order valence-corrected chi connectivity index (χ2v) is 9.05. The Labute approximate surface area is 188 Å². The second-order valence-electron chi connectivity index (χ2n) is 9.05. The number of carbonyl (C=O) groups is 2. The fourth-order valence-corrected chi connectivity index (χ4v) is 4.71. The summed E-state index contributed by atoms with van der Waals surface area (Å²) >= 11 is 0. The van der Waals surface area contributed by atoms with E-state index in [9.17, 15) is 14.0 Å². The molecule has 2 heterocycles. The molecular weight excluding hydrogens is 405 g/mol. The molecule has 0 N–H and O–H groups in total. The number of nitrogens with zero attached hydrogens (tertiary/aromatic N) is 3. The first-order valence-electron chi connectivity index (χ1n) is 11.4. The highest BCUT2D eigenvalue weighted by Crippen LogP contribution is 2.40. The van der Waals surface area contributed by atoms with Gasteiger partial charge in [0.05, 0.1) is 6.67 Å². The van der Waals surface area contributed by atoms with E-state index in [1.807, 2.05) is 41.0 Å². The largest absolute Gasteiger partial charge is 0.301 e. The Morgan fingerprint density at radius 3 is 2.16 bits per heavy atom. The first kappa shape index (κ1) is 20.9. The van der Waals surface area contributed by atoms with Crippen LogP contribution in [0.2, 0.25) is 0 Å². The minimum atomic E-state index is -0.455. The molecule has 5 nitrogen and oxygen atoms in total. The molecule has 2 aromatic carbocycles. The third kappa shape index (κ3) is 4.07. The third-order valence-corrected chi connectivity index (χ3v) is 6.64.